The molecule has 1 amide bonds. The van der Waals surface area contributed by atoms with E-state index in [1.165, 1.54) is 0 Å². The third-order valence-corrected chi connectivity index (χ3v) is 2.89. The summed E-state index contributed by atoms with van der Waals surface area (Å²) in [7, 11) is 1.75. The van der Waals surface area contributed by atoms with Crippen molar-refractivity contribution in [1.29, 1.82) is 0 Å². The molecule has 2 aromatic rings. The summed E-state index contributed by atoms with van der Waals surface area (Å²) in [6.07, 6.45) is 0.793. The number of nitrogens with one attached hydrogen (secondary N) is 1. The van der Waals surface area contributed by atoms with E-state index in [-0.39, 0.29) is 12.5 Å². The van der Waals surface area contributed by atoms with Crippen LogP contribution in [0.1, 0.15) is 28.7 Å². The van der Waals surface area contributed by atoms with Gasteiger partial charge < -0.3 is 10.4 Å². The Morgan fingerprint density at radius 3 is 2.84 bits per heavy atom. The smallest absolute Gasteiger partial charge is 0.273 e. The number of amides is 1. The number of benzene rings is 1. The minimum Gasteiger partial charge on any atom is -0.392 e. The highest BCUT2D eigenvalue weighted by atomic mass is 16.3. The number of nitrogens with zero attached hydrogens (tertiary/aromatic N) is 2. The van der Waals surface area contributed by atoms with Crippen LogP contribution >= 0.6 is 0 Å². The fraction of sp³-hybridized carbons (Fsp3) is 0.286. The second kappa shape index (κ2) is 5.67. The van der Waals surface area contributed by atoms with Gasteiger partial charge in [-0.05, 0) is 30.2 Å². The molecule has 0 aliphatic carbocycles. The van der Waals surface area contributed by atoms with Gasteiger partial charge in [0, 0.05) is 12.7 Å². The Bertz CT molecular complexity index is 590. The molecule has 0 spiro atoms. The number of carbonyl (C=O) groups is 1. The molecule has 0 atom stereocenters. The van der Waals surface area contributed by atoms with Crippen molar-refractivity contribution >= 4 is 11.6 Å². The van der Waals surface area contributed by atoms with Gasteiger partial charge in [-0.3, -0.25) is 9.48 Å². The number of carbonyl (C=O) groups excluding carboxylic acids is 1. The van der Waals surface area contributed by atoms with Gasteiger partial charge in [0.05, 0.1) is 12.3 Å². The van der Waals surface area contributed by atoms with Crippen LogP contribution in [0, 0.1) is 0 Å². The minimum absolute atomic E-state index is 0.0462. The largest absolute Gasteiger partial charge is 0.392 e. The standard InChI is InChI=1S/C14H17N3O2/c1-3-11-8-13(17(2)16-11)14(19)15-12-6-4-5-10(7-12)9-18/h4-8,18H,3,9H2,1-2H3,(H,15,19). The van der Waals surface area contributed by atoms with E-state index in [1.54, 1.807) is 42.1 Å². The fourth-order valence-electron chi connectivity index (χ4n) is 1.85. The number of aliphatic hydroxyl groups is 1. The van der Waals surface area contributed by atoms with Gasteiger partial charge in [-0.2, -0.15) is 5.10 Å². The molecular formula is C14H17N3O2. The highest BCUT2D eigenvalue weighted by molar-refractivity contribution is 6.03. The van der Waals surface area contributed by atoms with Crippen molar-refractivity contribution in [2.24, 2.45) is 7.05 Å². The van der Waals surface area contributed by atoms with E-state index in [2.05, 4.69) is 10.4 Å². The van der Waals surface area contributed by atoms with Crippen molar-refractivity contribution < 1.29 is 9.90 Å². The van der Waals surface area contributed by atoms with Crippen LogP contribution in [0.25, 0.3) is 0 Å². The topological polar surface area (TPSA) is 67.2 Å². The lowest BCUT2D eigenvalue weighted by Gasteiger charge is -2.06. The van der Waals surface area contributed by atoms with Crippen molar-refractivity contribution in [2.75, 3.05) is 5.32 Å². The molecule has 5 nitrogen and oxygen atoms in total. The second-order valence-electron chi connectivity index (χ2n) is 4.31. The van der Waals surface area contributed by atoms with Gasteiger partial charge in [-0.25, -0.2) is 0 Å². The molecule has 0 unspecified atom stereocenters. The Morgan fingerprint density at radius 2 is 2.21 bits per heavy atom. The predicted molar refractivity (Wildman–Crippen MR) is 72.9 cm³/mol. The van der Waals surface area contributed by atoms with E-state index in [9.17, 15) is 4.79 Å². The summed E-state index contributed by atoms with van der Waals surface area (Å²) in [5.74, 6) is -0.204. The number of anilines is 1. The summed E-state index contributed by atoms with van der Waals surface area (Å²) in [6.45, 7) is 1.95. The molecule has 0 radical (unpaired) electrons. The van der Waals surface area contributed by atoms with Crippen LogP contribution in [0.2, 0.25) is 0 Å². The molecule has 100 valence electrons. The van der Waals surface area contributed by atoms with Crippen LogP contribution in [0.4, 0.5) is 5.69 Å². The van der Waals surface area contributed by atoms with Gasteiger partial charge in [-0.1, -0.05) is 19.1 Å². The summed E-state index contributed by atoms with van der Waals surface area (Å²) in [4.78, 5) is 12.1. The molecule has 0 saturated carbocycles. The number of aromatic nitrogens is 2. The maximum atomic E-state index is 12.1. The van der Waals surface area contributed by atoms with Gasteiger partial charge in [-0.15, -0.1) is 0 Å². The first-order chi connectivity index (χ1) is 9.13. The zero-order chi connectivity index (χ0) is 13.8. The molecule has 1 aromatic carbocycles. The van der Waals surface area contributed by atoms with E-state index in [0.29, 0.717) is 11.4 Å². The lowest BCUT2D eigenvalue weighted by Crippen LogP contribution is -2.16. The van der Waals surface area contributed by atoms with Crippen molar-refractivity contribution in [2.45, 2.75) is 20.0 Å². The molecule has 2 rings (SSSR count). The van der Waals surface area contributed by atoms with E-state index in [0.717, 1.165) is 17.7 Å². The van der Waals surface area contributed by atoms with E-state index >= 15 is 0 Å². The summed E-state index contributed by atoms with van der Waals surface area (Å²) < 4.78 is 1.57. The van der Waals surface area contributed by atoms with Crippen molar-refractivity contribution in [3.05, 3.63) is 47.3 Å². The maximum Gasteiger partial charge on any atom is 0.273 e. The van der Waals surface area contributed by atoms with Gasteiger partial charge in [0.2, 0.25) is 0 Å². The Morgan fingerprint density at radius 1 is 1.42 bits per heavy atom. The lowest BCUT2D eigenvalue weighted by atomic mass is 10.2. The number of aryl methyl sites for hydroxylation is 2. The van der Waals surface area contributed by atoms with Crippen molar-refractivity contribution in [3.8, 4) is 0 Å². The van der Waals surface area contributed by atoms with E-state index < -0.39 is 0 Å². The van der Waals surface area contributed by atoms with Crippen LogP contribution in [0.15, 0.2) is 30.3 Å². The first kappa shape index (κ1) is 13.3. The van der Waals surface area contributed by atoms with Crippen LogP contribution in [-0.2, 0) is 20.1 Å². The van der Waals surface area contributed by atoms with Crippen molar-refractivity contribution in [3.63, 3.8) is 0 Å². The molecule has 19 heavy (non-hydrogen) atoms. The van der Waals surface area contributed by atoms with Crippen LogP contribution in [0.3, 0.4) is 0 Å². The summed E-state index contributed by atoms with van der Waals surface area (Å²) >= 11 is 0. The molecule has 5 heteroatoms. The average molecular weight is 259 g/mol. The molecule has 0 saturated heterocycles. The maximum absolute atomic E-state index is 12.1. The molecule has 0 bridgehead atoms. The molecule has 0 fully saturated rings. The molecule has 0 aliphatic heterocycles. The van der Waals surface area contributed by atoms with Crippen LogP contribution < -0.4 is 5.32 Å². The molecule has 1 heterocycles. The zero-order valence-electron chi connectivity index (χ0n) is 11.1. The first-order valence-corrected chi connectivity index (χ1v) is 6.18. The molecular weight excluding hydrogens is 242 g/mol. The quantitative estimate of drug-likeness (QED) is 0.878. The molecule has 0 aliphatic rings. The number of hydrogen-bond acceptors (Lipinski definition) is 3. The predicted octanol–water partition coefficient (Wildman–Crippen LogP) is 1.73. The second-order valence-corrected chi connectivity index (χ2v) is 4.31. The number of aliphatic hydroxyl groups excluding tert-OH is 1. The van der Waals surface area contributed by atoms with Crippen molar-refractivity contribution in [1.82, 2.24) is 9.78 Å². The summed E-state index contributed by atoms with van der Waals surface area (Å²) in [6, 6.07) is 8.91. The molecule has 2 N–H and O–H groups in total. The number of rotatable bonds is 4. The average Bonchev–Trinajstić information content (AvgIpc) is 2.80. The highest BCUT2D eigenvalue weighted by Crippen LogP contribution is 2.13. The van der Waals surface area contributed by atoms with Crippen LogP contribution in [0.5, 0.6) is 0 Å². The number of hydrogen-bond donors (Lipinski definition) is 2. The lowest BCUT2D eigenvalue weighted by molar-refractivity contribution is 0.101. The Hall–Kier alpha value is -2.14. The van der Waals surface area contributed by atoms with E-state index in [4.69, 9.17) is 5.11 Å². The SMILES string of the molecule is CCc1cc(C(=O)Nc2cccc(CO)c2)n(C)n1. The van der Waals surface area contributed by atoms with Crippen LogP contribution in [-0.4, -0.2) is 20.8 Å². The first-order valence-electron chi connectivity index (χ1n) is 6.18. The third kappa shape index (κ3) is 3.00. The summed E-state index contributed by atoms with van der Waals surface area (Å²) in [5.41, 5.74) is 2.83. The Balaban J connectivity index is 2.17. The zero-order valence-corrected chi connectivity index (χ0v) is 11.1. The Labute approximate surface area is 111 Å². The van der Waals surface area contributed by atoms with Gasteiger partial charge in [0.25, 0.3) is 5.91 Å². The molecule has 1 aromatic heterocycles. The minimum atomic E-state index is -0.204. The monoisotopic (exact) mass is 259 g/mol. The normalized spacial score (nSPS) is 10.5. The third-order valence-electron chi connectivity index (χ3n) is 2.89. The van der Waals surface area contributed by atoms with Gasteiger partial charge >= 0.3 is 0 Å². The Kier molecular flexibility index (Phi) is 3.97. The highest BCUT2D eigenvalue weighted by Gasteiger charge is 2.12. The fourth-order valence-corrected chi connectivity index (χ4v) is 1.85. The summed E-state index contributed by atoms with van der Waals surface area (Å²) in [5, 5.41) is 16.1. The van der Waals surface area contributed by atoms with E-state index in [1.807, 2.05) is 6.92 Å². The van der Waals surface area contributed by atoms with Gasteiger partial charge in [0.1, 0.15) is 5.69 Å². The van der Waals surface area contributed by atoms with Gasteiger partial charge in [0.15, 0.2) is 0 Å².